The Morgan fingerprint density at radius 2 is 2.10 bits per heavy atom. The fourth-order valence-electron chi connectivity index (χ4n) is 2.06. The van der Waals surface area contributed by atoms with Gasteiger partial charge >= 0.3 is 0 Å². The first-order valence-electron chi connectivity index (χ1n) is 6.50. The van der Waals surface area contributed by atoms with Gasteiger partial charge in [-0.3, -0.25) is 4.68 Å². The van der Waals surface area contributed by atoms with E-state index in [-0.39, 0.29) is 6.04 Å². The van der Waals surface area contributed by atoms with Gasteiger partial charge in [-0.25, -0.2) is 4.98 Å². The van der Waals surface area contributed by atoms with E-state index in [0.717, 1.165) is 12.2 Å². The van der Waals surface area contributed by atoms with Crippen molar-refractivity contribution < 1.29 is 4.74 Å². The minimum atomic E-state index is 0.248. The molecule has 0 unspecified atom stereocenters. The topological polar surface area (TPSA) is 52.0 Å². The van der Waals surface area contributed by atoms with Gasteiger partial charge in [-0.15, -0.1) is 5.10 Å². The molecule has 0 saturated heterocycles. The third kappa shape index (κ3) is 4.40. The number of hydrogen-bond acceptors (Lipinski definition) is 4. The van der Waals surface area contributed by atoms with E-state index in [9.17, 15) is 0 Å². The van der Waals surface area contributed by atoms with Crippen LogP contribution in [-0.2, 0) is 24.8 Å². The highest BCUT2D eigenvalue weighted by molar-refractivity contribution is 9.10. The van der Waals surface area contributed by atoms with E-state index < -0.39 is 0 Å². The molecule has 1 atom stereocenters. The molecule has 5 nitrogen and oxygen atoms in total. The molecule has 0 aliphatic heterocycles. The van der Waals surface area contributed by atoms with Crippen molar-refractivity contribution in [3.63, 3.8) is 0 Å². The van der Waals surface area contributed by atoms with Crippen LogP contribution in [0.4, 0.5) is 0 Å². The maximum atomic E-state index is 5.29. The molecule has 0 radical (unpaired) electrons. The van der Waals surface area contributed by atoms with Crippen molar-refractivity contribution in [3.8, 4) is 0 Å². The number of halogens is 1. The lowest BCUT2D eigenvalue weighted by Crippen LogP contribution is -2.35. The van der Waals surface area contributed by atoms with Crippen LogP contribution in [0.5, 0.6) is 0 Å². The van der Waals surface area contributed by atoms with Crippen molar-refractivity contribution in [2.45, 2.75) is 19.0 Å². The summed E-state index contributed by atoms with van der Waals surface area (Å²) in [5, 5.41) is 7.64. The molecule has 0 fully saturated rings. The molecule has 1 aromatic carbocycles. The lowest BCUT2D eigenvalue weighted by molar-refractivity contribution is 0.165. The Hall–Kier alpha value is -1.24. The van der Waals surface area contributed by atoms with Crippen LogP contribution in [0.25, 0.3) is 0 Å². The third-order valence-electron chi connectivity index (χ3n) is 3.07. The molecule has 0 aliphatic carbocycles. The van der Waals surface area contributed by atoms with Crippen molar-refractivity contribution in [3.05, 3.63) is 46.5 Å². The SMILES string of the molecule is COC[C@H](Cc1ccccc1)NCc1nc(Br)nn1C. The number of aryl methyl sites for hydroxylation is 1. The Morgan fingerprint density at radius 3 is 2.70 bits per heavy atom. The number of methoxy groups -OCH3 is 1. The van der Waals surface area contributed by atoms with Crippen LogP contribution < -0.4 is 5.32 Å². The minimum Gasteiger partial charge on any atom is -0.383 e. The lowest BCUT2D eigenvalue weighted by atomic mass is 10.1. The van der Waals surface area contributed by atoms with Crippen LogP contribution in [0.1, 0.15) is 11.4 Å². The number of rotatable bonds is 7. The smallest absolute Gasteiger partial charge is 0.217 e. The van der Waals surface area contributed by atoms with Crippen molar-refractivity contribution in [2.24, 2.45) is 7.05 Å². The van der Waals surface area contributed by atoms with E-state index in [1.807, 2.05) is 13.1 Å². The van der Waals surface area contributed by atoms with Gasteiger partial charge in [0.2, 0.25) is 4.73 Å². The van der Waals surface area contributed by atoms with Gasteiger partial charge in [0.05, 0.1) is 13.2 Å². The van der Waals surface area contributed by atoms with Crippen LogP contribution in [0, 0.1) is 0 Å². The molecule has 0 aliphatic rings. The Bertz CT molecular complexity index is 529. The summed E-state index contributed by atoms with van der Waals surface area (Å²) in [5.41, 5.74) is 1.29. The molecule has 20 heavy (non-hydrogen) atoms. The van der Waals surface area contributed by atoms with Crippen LogP contribution in [-0.4, -0.2) is 34.5 Å². The minimum absolute atomic E-state index is 0.248. The van der Waals surface area contributed by atoms with Crippen LogP contribution in [0.2, 0.25) is 0 Å². The molecule has 0 spiro atoms. The monoisotopic (exact) mass is 338 g/mol. The van der Waals surface area contributed by atoms with E-state index in [1.165, 1.54) is 5.56 Å². The average molecular weight is 339 g/mol. The second kappa shape index (κ2) is 7.52. The summed E-state index contributed by atoms with van der Waals surface area (Å²) in [6.07, 6.45) is 0.924. The number of nitrogens with one attached hydrogen (secondary N) is 1. The number of ether oxygens (including phenoxy) is 1. The number of nitrogens with zero attached hydrogens (tertiary/aromatic N) is 3. The first kappa shape index (κ1) is 15.2. The summed E-state index contributed by atoms with van der Waals surface area (Å²) in [6.45, 7) is 1.32. The zero-order valence-electron chi connectivity index (χ0n) is 11.7. The largest absolute Gasteiger partial charge is 0.383 e. The van der Waals surface area contributed by atoms with E-state index in [2.05, 4.69) is 55.6 Å². The van der Waals surface area contributed by atoms with Gasteiger partial charge in [0.1, 0.15) is 5.82 Å². The van der Waals surface area contributed by atoms with E-state index in [0.29, 0.717) is 17.9 Å². The fourth-order valence-corrected chi connectivity index (χ4v) is 2.50. The molecular formula is C14H19BrN4O. The number of benzene rings is 1. The van der Waals surface area contributed by atoms with Crippen LogP contribution >= 0.6 is 15.9 Å². The third-order valence-corrected chi connectivity index (χ3v) is 3.40. The van der Waals surface area contributed by atoms with Crippen molar-refractivity contribution >= 4 is 15.9 Å². The van der Waals surface area contributed by atoms with Gasteiger partial charge in [-0.2, -0.15) is 0 Å². The van der Waals surface area contributed by atoms with Gasteiger partial charge < -0.3 is 10.1 Å². The number of aromatic nitrogens is 3. The van der Waals surface area contributed by atoms with Crippen molar-refractivity contribution in [1.82, 2.24) is 20.1 Å². The molecule has 0 amide bonds. The summed E-state index contributed by atoms with van der Waals surface area (Å²) >= 11 is 3.28. The zero-order valence-corrected chi connectivity index (χ0v) is 13.3. The van der Waals surface area contributed by atoms with Crippen molar-refractivity contribution in [2.75, 3.05) is 13.7 Å². The Kier molecular flexibility index (Phi) is 5.70. The summed E-state index contributed by atoms with van der Waals surface area (Å²) in [5.74, 6) is 0.894. The standard InChI is InChI=1S/C14H19BrN4O/c1-19-13(17-14(15)18-19)9-16-12(10-20-2)8-11-6-4-3-5-7-11/h3-7,12,16H,8-10H2,1-2H3/t12-/m0/s1. The summed E-state index contributed by atoms with van der Waals surface area (Å²) < 4.78 is 7.67. The molecule has 0 bridgehead atoms. The molecule has 1 heterocycles. The van der Waals surface area contributed by atoms with Crippen LogP contribution in [0.15, 0.2) is 35.1 Å². The summed E-state index contributed by atoms with van der Waals surface area (Å²) in [7, 11) is 3.61. The van der Waals surface area contributed by atoms with Gasteiger partial charge in [0.25, 0.3) is 0 Å². The maximum Gasteiger partial charge on any atom is 0.217 e. The summed E-state index contributed by atoms with van der Waals surface area (Å²) in [6, 6.07) is 10.6. The molecule has 1 N–H and O–H groups in total. The second-order valence-corrected chi connectivity index (χ2v) is 5.35. The highest BCUT2D eigenvalue weighted by atomic mass is 79.9. The molecule has 6 heteroatoms. The molecule has 108 valence electrons. The first-order chi connectivity index (χ1) is 9.69. The van der Waals surface area contributed by atoms with E-state index in [1.54, 1.807) is 11.8 Å². The van der Waals surface area contributed by atoms with Gasteiger partial charge in [0.15, 0.2) is 0 Å². The Labute approximate surface area is 127 Å². The maximum absolute atomic E-state index is 5.29. The highest BCUT2D eigenvalue weighted by Gasteiger charge is 2.11. The van der Waals surface area contributed by atoms with Gasteiger partial charge in [-0.1, -0.05) is 30.3 Å². The molecule has 2 rings (SSSR count). The van der Waals surface area contributed by atoms with Crippen LogP contribution in [0.3, 0.4) is 0 Å². The zero-order chi connectivity index (χ0) is 14.4. The van der Waals surface area contributed by atoms with Gasteiger partial charge in [0, 0.05) is 20.2 Å². The Balaban J connectivity index is 1.94. The molecule has 2 aromatic rings. The highest BCUT2D eigenvalue weighted by Crippen LogP contribution is 2.06. The second-order valence-electron chi connectivity index (χ2n) is 4.64. The lowest BCUT2D eigenvalue weighted by Gasteiger charge is -2.17. The normalized spacial score (nSPS) is 12.6. The van der Waals surface area contributed by atoms with E-state index >= 15 is 0 Å². The molecule has 1 aromatic heterocycles. The quantitative estimate of drug-likeness (QED) is 0.838. The summed E-state index contributed by atoms with van der Waals surface area (Å²) in [4.78, 5) is 4.31. The predicted octanol–water partition coefficient (Wildman–Crippen LogP) is 1.92. The molecule has 0 saturated carbocycles. The first-order valence-corrected chi connectivity index (χ1v) is 7.30. The fraction of sp³-hybridized carbons (Fsp3) is 0.429. The Morgan fingerprint density at radius 1 is 1.35 bits per heavy atom. The molecular weight excluding hydrogens is 320 g/mol. The van der Waals surface area contributed by atoms with E-state index in [4.69, 9.17) is 4.74 Å². The predicted molar refractivity (Wildman–Crippen MR) is 81.4 cm³/mol. The number of hydrogen-bond donors (Lipinski definition) is 1. The average Bonchev–Trinajstić information content (AvgIpc) is 2.76. The van der Waals surface area contributed by atoms with Gasteiger partial charge in [-0.05, 0) is 27.9 Å². The van der Waals surface area contributed by atoms with Crippen molar-refractivity contribution in [1.29, 1.82) is 0 Å².